The number of aromatic nitrogens is 3. The van der Waals surface area contributed by atoms with E-state index in [0.29, 0.717) is 19.4 Å². The molecule has 0 unspecified atom stereocenters. The lowest BCUT2D eigenvalue weighted by atomic mass is 9.81. The number of rotatable bonds is 16. The lowest BCUT2D eigenvalue weighted by Crippen LogP contribution is -2.28. The van der Waals surface area contributed by atoms with Crippen molar-refractivity contribution in [2.75, 3.05) is 41.7 Å². The minimum atomic E-state index is -4.39. The van der Waals surface area contributed by atoms with Crippen LogP contribution >= 0.6 is 11.6 Å². The number of ketones is 1. The number of nitrogens with one attached hydrogen (secondary N) is 2. The van der Waals surface area contributed by atoms with Crippen LogP contribution in [-0.2, 0) is 30.5 Å². The zero-order chi connectivity index (χ0) is 38.7. The van der Waals surface area contributed by atoms with E-state index in [2.05, 4.69) is 113 Å². The molecule has 3 aromatic rings. The number of carbonyl (C=O) groups excluding carboxylic acids is 1. The monoisotopic (exact) mass is 764 g/mol. The van der Waals surface area contributed by atoms with Crippen LogP contribution in [0.3, 0.4) is 0 Å². The van der Waals surface area contributed by atoms with Gasteiger partial charge in [-0.05, 0) is 82.0 Å². The van der Waals surface area contributed by atoms with E-state index >= 15 is 0 Å². The Morgan fingerprint density at radius 3 is 2.30 bits per heavy atom. The number of likely N-dealkylation sites (N-methyl/N-ethyl adjacent to an activating group) is 1. The number of Topliss-reactive ketones (excluding diaryl/α,β-unsaturated/α-hetero) is 1. The molecule has 15 heteroatoms. The van der Waals surface area contributed by atoms with Gasteiger partial charge in [-0.25, -0.2) is 0 Å². The van der Waals surface area contributed by atoms with Gasteiger partial charge in [-0.15, -0.1) is 0 Å². The topological polar surface area (TPSA) is 178 Å². The Morgan fingerprint density at radius 1 is 0.943 bits per heavy atom. The molecular formula is C38H47ClN7O6S+. The second kappa shape index (κ2) is 15.7. The van der Waals surface area contributed by atoms with Crippen molar-refractivity contribution in [3.8, 4) is 0 Å². The van der Waals surface area contributed by atoms with Gasteiger partial charge in [0.25, 0.3) is 10.1 Å². The quantitative estimate of drug-likeness (QED) is 0.0713. The molecule has 0 spiro atoms. The minimum Gasteiger partial charge on any atom is -0.480 e. The van der Waals surface area contributed by atoms with Crippen LogP contribution in [0.4, 0.5) is 23.3 Å². The van der Waals surface area contributed by atoms with Crippen molar-refractivity contribution in [3.05, 3.63) is 82.3 Å². The van der Waals surface area contributed by atoms with Crippen molar-refractivity contribution in [2.45, 2.75) is 83.0 Å². The van der Waals surface area contributed by atoms with Crippen LogP contribution < -0.4 is 15.5 Å². The SMILES string of the molecule is CCN1C(=CC=CC2=[N+](CCCCCC(=O)CNc3nc(Cl)nc(NCC(=O)O)n3)c3ccc(S(=O)(=O)O)cc3C2(C)C)C(C)(C)c2cc(C)ccc21. The van der Waals surface area contributed by atoms with Gasteiger partial charge in [0.05, 0.1) is 16.9 Å². The molecule has 2 aromatic carbocycles. The van der Waals surface area contributed by atoms with E-state index in [4.69, 9.17) is 16.7 Å². The maximum atomic E-state index is 12.7. The average Bonchev–Trinajstić information content (AvgIpc) is 3.43. The molecule has 2 aliphatic heterocycles. The maximum Gasteiger partial charge on any atom is 0.322 e. The Hall–Kier alpha value is -4.66. The van der Waals surface area contributed by atoms with Crippen LogP contribution in [0.5, 0.6) is 0 Å². The molecule has 282 valence electrons. The van der Waals surface area contributed by atoms with Crippen molar-refractivity contribution in [1.29, 1.82) is 0 Å². The summed E-state index contributed by atoms with van der Waals surface area (Å²) in [5, 5.41) is 14.1. The number of carboxylic acid groups (broad SMARTS) is 1. The van der Waals surface area contributed by atoms with E-state index in [-0.39, 0.29) is 39.8 Å². The van der Waals surface area contributed by atoms with Gasteiger partial charge in [-0.3, -0.25) is 14.1 Å². The van der Waals surface area contributed by atoms with E-state index in [1.54, 1.807) is 12.1 Å². The molecule has 0 bridgehead atoms. The normalized spacial score (nSPS) is 16.7. The number of hydrogen-bond donors (Lipinski definition) is 4. The number of nitrogens with zero attached hydrogens (tertiary/aromatic N) is 5. The first-order valence-electron chi connectivity index (χ1n) is 17.6. The number of carboxylic acids is 1. The highest BCUT2D eigenvalue weighted by atomic mass is 35.5. The van der Waals surface area contributed by atoms with Gasteiger partial charge in [-0.1, -0.05) is 37.6 Å². The van der Waals surface area contributed by atoms with Gasteiger partial charge in [0.1, 0.15) is 13.1 Å². The number of unbranched alkanes of at least 4 members (excludes halogenated alkanes) is 2. The van der Waals surface area contributed by atoms with E-state index in [0.717, 1.165) is 36.3 Å². The number of benzene rings is 2. The summed E-state index contributed by atoms with van der Waals surface area (Å²) in [7, 11) is -4.39. The number of fused-ring (bicyclic) bond motifs is 2. The summed E-state index contributed by atoms with van der Waals surface area (Å²) in [4.78, 5) is 37.5. The van der Waals surface area contributed by atoms with E-state index in [9.17, 15) is 22.6 Å². The molecule has 0 radical (unpaired) electrons. The molecule has 0 atom stereocenters. The smallest absolute Gasteiger partial charge is 0.322 e. The summed E-state index contributed by atoms with van der Waals surface area (Å²) in [5.41, 5.74) is 6.84. The number of halogens is 1. The maximum absolute atomic E-state index is 12.7. The van der Waals surface area contributed by atoms with Crippen molar-refractivity contribution >= 4 is 62.5 Å². The fourth-order valence-corrected chi connectivity index (χ4v) is 7.78. The third-order valence-electron chi connectivity index (χ3n) is 9.82. The summed E-state index contributed by atoms with van der Waals surface area (Å²) in [6, 6.07) is 11.3. The van der Waals surface area contributed by atoms with Gasteiger partial charge >= 0.3 is 5.97 Å². The van der Waals surface area contributed by atoms with Crippen molar-refractivity contribution in [2.24, 2.45) is 0 Å². The summed E-state index contributed by atoms with van der Waals surface area (Å²) in [6.07, 6.45) is 8.85. The molecule has 13 nitrogen and oxygen atoms in total. The highest BCUT2D eigenvalue weighted by Gasteiger charge is 2.45. The first-order chi connectivity index (χ1) is 24.9. The fourth-order valence-electron chi connectivity index (χ4n) is 7.11. The first-order valence-corrected chi connectivity index (χ1v) is 19.4. The highest BCUT2D eigenvalue weighted by molar-refractivity contribution is 7.85. The van der Waals surface area contributed by atoms with E-state index in [1.807, 2.05) is 0 Å². The van der Waals surface area contributed by atoms with Crippen LogP contribution in [0.15, 0.2) is 65.2 Å². The van der Waals surface area contributed by atoms with Crippen molar-refractivity contribution in [3.63, 3.8) is 0 Å². The number of carbonyl (C=O) groups is 2. The zero-order valence-electron chi connectivity index (χ0n) is 30.9. The lowest BCUT2D eigenvalue weighted by Gasteiger charge is -2.25. The summed E-state index contributed by atoms with van der Waals surface area (Å²) < 4.78 is 36.3. The van der Waals surface area contributed by atoms with Gasteiger partial charge < -0.3 is 20.6 Å². The first kappa shape index (κ1) is 39.5. The van der Waals surface area contributed by atoms with Crippen LogP contribution in [0.1, 0.15) is 77.0 Å². The van der Waals surface area contributed by atoms with Crippen molar-refractivity contribution in [1.82, 2.24) is 15.0 Å². The second-order valence-corrected chi connectivity index (χ2v) is 16.1. The molecule has 0 fully saturated rings. The Bertz CT molecular complexity index is 2130. The summed E-state index contributed by atoms with van der Waals surface area (Å²) in [5.74, 6) is -1.10. The lowest BCUT2D eigenvalue weighted by molar-refractivity contribution is -0.438. The molecule has 3 heterocycles. The summed E-state index contributed by atoms with van der Waals surface area (Å²) in [6.45, 7) is 13.9. The number of hydrogen-bond acceptors (Lipinski definition) is 10. The van der Waals surface area contributed by atoms with E-state index in [1.165, 1.54) is 28.6 Å². The number of aryl methyl sites for hydroxylation is 1. The standard InChI is InChI=1S/C38H46ClN7O6S/c1-7-45-29-17-15-24(2)20-27(29)37(3,4)31(45)13-11-14-32-38(5,6)28-21-26(53(50,51)52)16-18-30(28)46(32)19-10-8-9-12-25(47)22-40-35-42-34(39)43-36(44-35)41-23-33(48)49/h11,13-18,20-21H,7-10,12,19,22-23H2,1-6H3,(H3-,40,41,42,43,44,48,49,50,51,52)/p+1. The van der Waals surface area contributed by atoms with Crippen LogP contribution in [-0.4, -0.2) is 81.2 Å². The predicted molar refractivity (Wildman–Crippen MR) is 206 cm³/mol. The fraction of sp³-hybridized carbons (Fsp3) is 0.421. The average molecular weight is 765 g/mol. The molecule has 53 heavy (non-hydrogen) atoms. The highest BCUT2D eigenvalue weighted by Crippen LogP contribution is 2.48. The van der Waals surface area contributed by atoms with Crippen LogP contribution in [0.25, 0.3) is 0 Å². The molecule has 5 rings (SSSR count). The van der Waals surface area contributed by atoms with Crippen molar-refractivity contribution < 1.29 is 32.2 Å². The Kier molecular flexibility index (Phi) is 11.8. The number of anilines is 3. The van der Waals surface area contributed by atoms with Gasteiger partial charge in [-0.2, -0.15) is 27.9 Å². The largest absolute Gasteiger partial charge is 0.480 e. The van der Waals surface area contributed by atoms with E-state index < -0.39 is 28.0 Å². The van der Waals surface area contributed by atoms with Gasteiger partial charge in [0, 0.05) is 53.9 Å². The molecule has 1 aromatic heterocycles. The number of allylic oxidation sites excluding steroid dienone is 4. The molecule has 0 saturated heterocycles. The molecular weight excluding hydrogens is 718 g/mol. The molecule has 2 aliphatic rings. The van der Waals surface area contributed by atoms with Gasteiger partial charge in [0.15, 0.2) is 11.5 Å². The Balaban J connectivity index is 1.30. The molecule has 0 saturated carbocycles. The number of aliphatic carboxylic acids is 1. The van der Waals surface area contributed by atoms with Crippen LogP contribution in [0.2, 0.25) is 5.28 Å². The second-order valence-electron chi connectivity index (χ2n) is 14.3. The van der Waals surface area contributed by atoms with Gasteiger partial charge in [0.2, 0.25) is 22.9 Å². The molecule has 0 aliphatic carbocycles. The Labute approximate surface area is 315 Å². The third-order valence-corrected chi connectivity index (χ3v) is 10.8. The Morgan fingerprint density at radius 2 is 1.64 bits per heavy atom. The molecule has 0 amide bonds. The van der Waals surface area contributed by atoms with Crippen LogP contribution in [0, 0.1) is 6.92 Å². The zero-order valence-corrected chi connectivity index (χ0v) is 32.5. The minimum absolute atomic E-state index is 0.0168. The predicted octanol–water partition coefficient (Wildman–Crippen LogP) is 6.45. The third kappa shape index (κ3) is 8.77. The summed E-state index contributed by atoms with van der Waals surface area (Å²) >= 11 is 5.92. The molecule has 4 N–H and O–H groups in total.